The number of furan rings is 1. The number of hydrogen-bond acceptors (Lipinski definition) is 4. The topological polar surface area (TPSA) is 79.6 Å². The fourth-order valence-electron chi connectivity index (χ4n) is 2.85. The van der Waals surface area contributed by atoms with Gasteiger partial charge < -0.3 is 9.32 Å². The smallest absolute Gasteiger partial charge is 0.257 e. The molecule has 1 N–H and O–H groups in total. The second kappa shape index (κ2) is 7.59. The molecule has 0 aliphatic carbocycles. The summed E-state index contributed by atoms with van der Waals surface area (Å²) >= 11 is 5.85. The second-order valence-electron chi connectivity index (χ2n) is 6.06. The molecular formula is C17H19ClN2O4S. The Bertz CT molecular complexity index is 828. The molecule has 0 radical (unpaired) electrons. The number of rotatable bonds is 5. The third-order valence-corrected chi connectivity index (χ3v) is 5.99. The largest absolute Gasteiger partial charge is 0.472 e. The van der Waals surface area contributed by atoms with Crippen molar-refractivity contribution < 1.29 is 17.6 Å². The van der Waals surface area contributed by atoms with Gasteiger partial charge in [-0.05, 0) is 43.0 Å². The molecular weight excluding hydrogens is 364 g/mol. The average molecular weight is 383 g/mol. The van der Waals surface area contributed by atoms with E-state index in [0.29, 0.717) is 30.2 Å². The standard InChI is InChI=1S/C17H19ClN2O4S/c18-15-2-1-3-16(10-15)25(22,23)19-11-13-4-7-20(8-5-13)17(21)14-6-9-24-12-14/h1-3,6,9-10,12-13,19H,4-5,7-8,11H2. The summed E-state index contributed by atoms with van der Waals surface area (Å²) in [6.45, 7) is 1.56. The number of sulfonamides is 1. The summed E-state index contributed by atoms with van der Waals surface area (Å²) in [6.07, 6.45) is 4.42. The molecule has 0 bridgehead atoms. The first-order valence-corrected chi connectivity index (χ1v) is 9.88. The lowest BCUT2D eigenvalue weighted by molar-refractivity contribution is 0.0691. The maximum atomic E-state index is 12.3. The van der Waals surface area contributed by atoms with Crippen molar-refractivity contribution >= 4 is 27.5 Å². The predicted octanol–water partition coefficient (Wildman–Crippen LogP) is 2.76. The van der Waals surface area contributed by atoms with Crippen LogP contribution in [-0.4, -0.2) is 38.9 Å². The molecule has 1 aliphatic heterocycles. The number of amides is 1. The Morgan fingerprint density at radius 3 is 2.68 bits per heavy atom. The molecule has 0 atom stereocenters. The van der Waals surface area contributed by atoms with E-state index in [1.165, 1.54) is 24.7 Å². The zero-order valence-corrected chi connectivity index (χ0v) is 15.1. The van der Waals surface area contributed by atoms with Gasteiger partial charge in [0.25, 0.3) is 5.91 Å². The minimum absolute atomic E-state index is 0.0493. The molecule has 3 rings (SSSR count). The van der Waals surface area contributed by atoms with Crippen LogP contribution in [0.5, 0.6) is 0 Å². The van der Waals surface area contributed by atoms with Crippen LogP contribution in [0.1, 0.15) is 23.2 Å². The summed E-state index contributed by atoms with van der Waals surface area (Å²) in [7, 11) is -3.57. The highest BCUT2D eigenvalue weighted by Crippen LogP contribution is 2.20. The van der Waals surface area contributed by atoms with Gasteiger partial charge in [0.2, 0.25) is 10.0 Å². The van der Waals surface area contributed by atoms with E-state index >= 15 is 0 Å². The average Bonchev–Trinajstić information content (AvgIpc) is 3.14. The normalized spacial score (nSPS) is 16.1. The molecule has 1 aromatic heterocycles. The highest BCUT2D eigenvalue weighted by Gasteiger charge is 2.25. The summed E-state index contributed by atoms with van der Waals surface area (Å²) in [5, 5.41) is 0.383. The number of carbonyl (C=O) groups is 1. The summed E-state index contributed by atoms with van der Waals surface area (Å²) in [4.78, 5) is 14.2. The first-order valence-electron chi connectivity index (χ1n) is 8.02. The van der Waals surface area contributed by atoms with Crippen LogP contribution < -0.4 is 4.72 Å². The van der Waals surface area contributed by atoms with Crippen LogP contribution in [0.25, 0.3) is 0 Å². The zero-order chi connectivity index (χ0) is 17.9. The Morgan fingerprint density at radius 1 is 1.28 bits per heavy atom. The molecule has 2 aromatic rings. The fraction of sp³-hybridized carbons (Fsp3) is 0.353. The predicted molar refractivity (Wildman–Crippen MR) is 94.0 cm³/mol. The number of nitrogens with zero attached hydrogens (tertiary/aromatic N) is 1. The molecule has 0 unspecified atom stereocenters. The van der Waals surface area contributed by atoms with Gasteiger partial charge in [-0.25, -0.2) is 13.1 Å². The van der Waals surface area contributed by atoms with Crippen molar-refractivity contribution in [2.45, 2.75) is 17.7 Å². The third kappa shape index (κ3) is 4.42. The van der Waals surface area contributed by atoms with Crippen molar-refractivity contribution in [2.24, 2.45) is 5.92 Å². The van der Waals surface area contributed by atoms with Crippen LogP contribution in [0.4, 0.5) is 0 Å². The summed E-state index contributed by atoms with van der Waals surface area (Å²) < 4.78 is 32.2. The molecule has 6 nitrogen and oxygen atoms in total. The van der Waals surface area contributed by atoms with E-state index in [4.69, 9.17) is 16.0 Å². The number of benzene rings is 1. The van der Waals surface area contributed by atoms with Gasteiger partial charge in [0.1, 0.15) is 6.26 Å². The SMILES string of the molecule is O=C(c1ccoc1)N1CCC(CNS(=O)(=O)c2cccc(Cl)c2)CC1. The Morgan fingerprint density at radius 2 is 2.04 bits per heavy atom. The first-order chi connectivity index (χ1) is 12.0. The lowest BCUT2D eigenvalue weighted by atomic mass is 9.97. The van der Waals surface area contributed by atoms with Crippen molar-refractivity contribution in [3.8, 4) is 0 Å². The minimum atomic E-state index is -3.57. The number of piperidine rings is 1. The fourth-order valence-corrected chi connectivity index (χ4v) is 4.27. The minimum Gasteiger partial charge on any atom is -0.472 e. The summed E-state index contributed by atoms with van der Waals surface area (Å²) in [6, 6.07) is 7.83. The van der Waals surface area contributed by atoms with E-state index in [1.807, 2.05) is 0 Å². The lowest BCUT2D eigenvalue weighted by Gasteiger charge is -2.31. The Balaban J connectivity index is 1.52. The van der Waals surface area contributed by atoms with Gasteiger partial charge in [0.15, 0.2) is 0 Å². The van der Waals surface area contributed by atoms with Gasteiger partial charge >= 0.3 is 0 Å². The van der Waals surface area contributed by atoms with Gasteiger partial charge in [-0.3, -0.25) is 4.79 Å². The van der Waals surface area contributed by atoms with Crippen LogP contribution >= 0.6 is 11.6 Å². The van der Waals surface area contributed by atoms with Gasteiger partial charge in [-0.15, -0.1) is 0 Å². The monoisotopic (exact) mass is 382 g/mol. The molecule has 8 heteroatoms. The van der Waals surface area contributed by atoms with Gasteiger partial charge in [0.05, 0.1) is 16.7 Å². The molecule has 0 spiro atoms. The molecule has 1 saturated heterocycles. The maximum Gasteiger partial charge on any atom is 0.257 e. The number of carbonyl (C=O) groups excluding carboxylic acids is 1. The van der Waals surface area contributed by atoms with Crippen LogP contribution in [0, 0.1) is 5.92 Å². The highest BCUT2D eigenvalue weighted by molar-refractivity contribution is 7.89. The van der Waals surface area contributed by atoms with Crippen molar-refractivity contribution in [1.82, 2.24) is 9.62 Å². The van der Waals surface area contributed by atoms with Crippen LogP contribution in [0.3, 0.4) is 0 Å². The molecule has 25 heavy (non-hydrogen) atoms. The lowest BCUT2D eigenvalue weighted by Crippen LogP contribution is -2.41. The van der Waals surface area contributed by atoms with Gasteiger partial charge in [-0.2, -0.15) is 0 Å². The van der Waals surface area contributed by atoms with Crippen molar-refractivity contribution in [3.63, 3.8) is 0 Å². The van der Waals surface area contributed by atoms with E-state index in [1.54, 1.807) is 23.1 Å². The molecule has 0 saturated carbocycles. The quantitative estimate of drug-likeness (QED) is 0.862. The van der Waals surface area contributed by atoms with Crippen LogP contribution in [0.2, 0.25) is 5.02 Å². The van der Waals surface area contributed by atoms with Crippen molar-refractivity contribution in [2.75, 3.05) is 19.6 Å². The van der Waals surface area contributed by atoms with Crippen LogP contribution in [-0.2, 0) is 10.0 Å². The maximum absolute atomic E-state index is 12.3. The molecule has 1 aromatic carbocycles. The van der Waals surface area contributed by atoms with Crippen molar-refractivity contribution in [1.29, 1.82) is 0 Å². The first kappa shape index (κ1) is 18.0. The van der Waals surface area contributed by atoms with E-state index in [-0.39, 0.29) is 16.7 Å². The Kier molecular flexibility index (Phi) is 5.46. The second-order valence-corrected chi connectivity index (χ2v) is 8.26. The third-order valence-electron chi connectivity index (χ3n) is 4.34. The van der Waals surface area contributed by atoms with Crippen LogP contribution in [0.15, 0.2) is 52.2 Å². The van der Waals surface area contributed by atoms with Gasteiger partial charge in [0, 0.05) is 24.7 Å². The number of halogens is 1. The molecule has 1 aliphatic rings. The summed E-state index contributed by atoms with van der Waals surface area (Å²) in [5.74, 6) is 0.147. The van der Waals surface area contributed by atoms with E-state index in [2.05, 4.69) is 4.72 Å². The van der Waals surface area contributed by atoms with Crippen molar-refractivity contribution in [3.05, 3.63) is 53.4 Å². The van der Waals surface area contributed by atoms with Gasteiger partial charge in [-0.1, -0.05) is 17.7 Å². The van der Waals surface area contributed by atoms with E-state index < -0.39 is 10.0 Å². The number of nitrogens with one attached hydrogen (secondary N) is 1. The molecule has 2 heterocycles. The van der Waals surface area contributed by atoms with E-state index in [9.17, 15) is 13.2 Å². The molecule has 134 valence electrons. The molecule has 1 fully saturated rings. The number of hydrogen-bond donors (Lipinski definition) is 1. The molecule has 1 amide bonds. The summed E-state index contributed by atoms with van der Waals surface area (Å²) in [5.41, 5.74) is 0.542. The zero-order valence-electron chi connectivity index (χ0n) is 13.5. The highest BCUT2D eigenvalue weighted by atomic mass is 35.5. The Hall–Kier alpha value is -1.83. The van der Waals surface area contributed by atoms with E-state index in [0.717, 1.165) is 12.8 Å². The Labute approximate surface area is 151 Å². The number of likely N-dealkylation sites (tertiary alicyclic amines) is 1.